The molecular formula is C25H29N3O4. The molecule has 3 aromatic rings. The van der Waals surface area contributed by atoms with Crippen LogP contribution in [0.5, 0.6) is 17.2 Å². The molecule has 2 aromatic carbocycles. The van der Waals surface area contributed by atoms with Gasteiger partial charge in [0.05, 0.1) is 12.8 Å². The van der Waals surface area contributed by atoms with Crippen molar-refractivity contribution in [2.75, 3.05) is 26.8 Å². The average molecular weight is 436 g/mol. The predicted octanol–water partition coefficient (Wildman–Crippen LogP) is 4.46. The molecule has 7 nitrogen and oxygen atoms in total. The third-order valence-electron chi connectivity index (χ3n) is 5.66. The normalized spacial score (nSPS) is 16.1. The first-order valence-electron chi connectivity index (χ1n) is 11.0. The van der Waals surface area contributed by atoms with Gasteiger partial charge in [-0.1, -0.05) is 0 Å². The minimum atomic E-state index is -0.145. The second-order valence-corrected chi connectivity index (χ2v) is 7.84. The van der Waals surface area contributed by atoms with Gasteiger partial charge in [0.25, 0.3) is 0 Å². The molecule has 7 heteroatoms. The van der Waals surface area contributed by atoms with Crippen LogP contribution in [0.4, 0.5) is 0 Å². The number of ether oxygens (including phenoxy) is 3. The van der Waals surface area contributed by atoms with Gasteiger partial charge in [0.1, 0.15) is 23.9 Å². The second-order valence-electron chi connectivity index (χ2n) is 7.84. The van der Waals surface area contributed by atoms with Gasteiger partial charge in [-0.3, -0.25) is 9.69 Å². The topological polar surface area (TPSA) is 65.8 Å². The highest BCUT2D eigenvalue weighted by Gasteiger charge is 2.24. The Bertz CT molecular complexity index is 971. The minimum Gasteiger partial charge on any atom is -0.492 e. The fourth-order valence-corrected chi connectivity index (χ4v) is 3.93. The van der Waals surface area contributed by atoms with Crippen molar-refractivity contribution in [3.63, 3.8) is 0 Å². The molecule has 1 atom stereocenters. The van der Waals surface area contributed by atoms with E-state index in [1.165, 1.54) is 7.11 Å². The molecular weight excluding hydrogens is 406 g/mol. The highest BCUT2D eigenvalue weighted by atomic mass is 16.5. The summed E-state index contributed by atoms with van der Waals surface area (Å²) in [5.41, 5.74) is 0.984. The quantitative estimate of drug-likeness (QED) is 0.438. The lowest BCUT2D eigenvalue weighted by Gasteiger charge is -2.24. The number of likely N-dealkylation sites (tertiary alicyclic amines) is 1. The summed E-state index contributed by atoms with van der Waals surface area (Å²) in [6.07, 6.45) is 7.23. The summed E-state index contributed by atoms with van der Waals surface area (Å²) in [7, 11) is 1.43. The van der Waals surface area contributed by atoms with E-state index in [0.29, 0.717) is 19.1 Å². The number of nitrogens with zero attached hydrogens (tertiary/aromatic N) is 3. The Morgan fingerprint density at radius 3 is 2.47 bits per heavy atom. The monoisotopic (exact) mass is 435 g/mol. The van der Waals surface area contributed by atoms with Crippen LogP contribution in [0.2, 0.25) is 0 Å². The standard InChI is InChI=1S/C25H29N3O4/c1-30-25(29)6-3-17-27-16-2-5-21(27)19-31-22-11-13-24(14-12-22)32-23-9-7-20(8-10-23)28-18-4-15-26-28/h4,7-15,18,21H,2-3,5-6,16-17,19H2,1H3. The molecule has 0 bridgehead atoms. The molecule has 0 amide bonds. The molecule has 0 saturated carbocycles. The predicted molar refractivity (Wildman–Crippen MR) is 121 cm³/mol. The lowest BCUT2D eigenvalue weighted by atomic mass is 10.2. The lowest BCUT2D eigenvalue weighted by Crippen LogP contribution is -2.35. The number of hydrogen-bond donors (Lipinski definition) is 0. The van der Waals surface area contributed by atoms with Gasteiger partial charge < -0.3 is 14.2 Å². The van der Waals surface area contributed by atoms with E-state index in [1.807, 2.05) is 60.8 Å². The summed E-state index contributed by atoms with van der Waals surface area (Å²) in [5.74, 6) is 2.21. The molecule has 0 aliphatic carbocycles. The summed E-state index contributed by atoms with van der Waals surface area (Å²) < 4.78 is 18.5. The summed E-state index contributed by atoms with van der Waals surface area (Å²) in [6.45, 7) is 2.60. The molecule has 1 aliphatic rings. The maximum atomic E-state index is 11.3. The fraction of sp³-hybridized carbons (Fsp3) is 0.360. The first-order chi connectivity index (χ1) is 15.7. The minimum absolute atomic E-state index is 0.145. The van der Waals surface area contributed by atoms with E-state index in [-0.39, 0.29) is 5.97 Å². The summed E-state index contributed by atoms with van der Waals surface area (Å²) in [4.78, 5) is 13.7. The highest BCUT2D eigenvalue weighted by molar-refractivity contribution is 5.69. The molecule has 0 N–H and O–H groups in total. The van der Waals surface area contributed by atoms with E-state index in [1.54, 1.807) is 10.9 Å². The van der Waals surface area contributed by atoms with Gasteiger partial charge in [0, 0.05) is 24.9 Å². The second kappa shape index (κ2) is 10.8. The molecule has 1 aromatic heterocycles. The van der Waals surface area contributed by atoms with Gasteiger partial charge >= 0.3 is 5.97 Å². The van der Waals surface area contributed by atoms with Crippen molar-refractivity contribution < 1.29 is 19.0 Å². The third kappa shape index (κ3) is 5.88. The third-order valence-corrected chi connectivity index (χ3v) is 5.66. The number of carbonyl (C=O) groups excluding carboxylic acids is 1. The van der Waals surface area contributed by atoms with Crippen molar-refractivity contribution in [2.45, 2.75) is 31.7 Å². The number of methoxy groups -OCH3 is 1. The van der Waals surface area contributed by atoms with Crippen molar-refractivity contribution in [2.24, 2.45) is 0 Å². The number of hydrogen-bond acceptors (Lipinski definition) is 6. The number of esters is 1. The van der Waals surface area contributed by atoms with Gasteiger partial charge in [-0.05, 0) is 86.9 Å². The molecule has 1 fully saturated rings. The molecule has 0 spiro atoms. The van der Waals surface area contributed by atoms with Gasteiger partial charge in [-0.2, -0.15) is 5.10 Å². The van der Waals surface area contributed by atoms with Gasteiger partial charge in [-0.15, -0.1) is 0 Å². The van der Waals surface area contributed by atoms with Crippen LogP contribution in [0.3, 0.4) is 0 Å². The lowest BCUT2D eigenvalue weighted by molar-refractivity contribution is -0.140. The SMILES string of the molecule is COC(=O)CCCN1CCCC1COc1ccc(Oc2ccc(-n3cccn3)cc2)cc1. The zero-order valence-corrected chi connectivity index (χ0v) is 18.4. The zero-order chi connectivity index (χ0) is 22.2. The Hall–Kier alpha value is -3.32. The number of aromatic nitrogens is 2. The van der Waals surface area contributed by atoms with Crippen LogP contribution in [0, 0.1) is 0 Å². The fourth-order valence-electron chi connectivity index (χ4n) is 3.93. The van der Waals surface area contributed by atoms with Crippen LogP contribution >= 0.6 is 0 Å². The summed E-state index contributed by atoms with van der Waals surface area (Å²) in [5, 5.41) is 4.23. The Morgan fingerprint density at radius 1 is 1.06 bits per heavy atom. The van der Waals surface area contributed by atoms with Gasteiger partial charge in [0.2, 0.25) is 0 Å². The van der Waals surface area contributed by atoms with E-state index in [4.69, 9.17) is 14.2 Å². The Balaban J connectivity index is 1.24. The molecule has 0 radical (unpaired) electrons. The van der Waals surface area contributed by atoms with Gasteiger partial charge in [-0.25, -0.2) is 4.68 Å². The summed E-state index contributed by atoms with van der Waals surface area (Å²) in [6, 6.07) is 17.8. The van der Waals surface area contributed by atoms with Crippen molar-refractivity contribution in [1.29, 1.82) is 0 Å². The molecule has 2 heterocycles. The van der Waals surface area contributed by atoms with E-state index in [9.17, 15) is 4.79 Å². The zero-order valence-electron chi connectivity index (χ0n) is 18.4. The van der Waals surface area contributed by atoms with E-state index in [0.717, 1.165) is 55.3 Å². The Morgan fingerprint density at radius 2 is 1.78 bits per heavy atom. The Labute approximate surface area is 188 Å². The maximum absolute atomic E-state index is 11.3. The Kier molecular flexibility index (Phi) is 7.40. The van der Waals surface area contributed by atoms with Crippen LogP contribution in [0.25, 0.3) is 5.69 Å². The number of carbonyl (C=O) groups is 1. The van der Waals surface area contributed by atoms with Crippen molar-refractivity contribution >= 4 is 5.97 Å². The molecule has 1 saturated heterocycles. The number of benzene rings is 2. The highest BCUT2D eigenvalue weighted by Crippen LogP contribution is 2.26. The van der Waals surface area contributed by atoms with Crippen LogP contribution in [-0.2, 0) is 9.53 Å². The van der Waals surface area contributed by atoms with Crippen LogP contribution in [0.1, 0.15) is 25.7 Å². The van der Waals surface area contributed by atoms with Crippen molar-refractivity contribution in [3.05, 3.63) is 67.0 Å². The molecule has 1 aliphatic heterocycles. The van der Waals surface area contributed by atoms with Crippen LogP contribution in [0.15, 0.2) is 67.0 Å². The van der Waals surface area contributed by atoms with Gasteiger partial charge in [0.15, 0.2) is 0 Å². The largest absolute Gasteiger partial charge is 0.492 e. The smallest absolute Gasteiger partial charge is 0.305 e. The number of rotatable bonds is 10. The molecule has 32 heavy (non-hydrogen) atoms. The van der Waals surface area contributed by atoms with Crippen molar-refractivity contribution in [3.8, 4) is 22.9 Å². The molecule has 4 rings (SSSR count). The molecule has 168 valence electrons. The van der Waals surface area contributed by atoms with E-state index >= 15 is 0 Å². The van der Waals surface area contributed by atoms with E-state index < -0.39 is 0 Å². The average Bonchev–Trinajstić information content (AvgIpc) is 3.51. The summed E-state index contributed by atoms with van der Waals surface area (Å²) >= 11 is 0. The van der Waals surface area contributed by atoms with Crippen LogP contribution < -0.4 is 9.47 Å². The van der Waals surface area contributed by atoms with Crippen LogP contribution in [-0.4, -0.2) is 53.5 Å². The first-order valence-corrected chi connectivity index (χ1v) is 11.0. The molecule has 1 unspecified atom stereocenters. The maximum Gasteiger partial charge on any atom is 0.305 e. The van der Waals surface area contributed by atoms with Crippen molar-refractivity contribution in [1.82, 2.24) is 14.7 Å². The first kappa shape index (κ1) is 21.9. The van der Waals surface area contributed by atoms with E-state index in [2.05, 4.69) is 10.00 Å².